The Hall–Kier alpha value is -2.22. The first-order valence-electron chi connectivity index (χ1n) is 7.19. The van der Waals surface area contributed by atoms with E-state index in [9.17, 15) is 8.42 Å². The minimum atomic E-state index is -3.65. The third-order valence-corrected chi connectivity index (χ3v) is 4.72. The number of nitrogens with zero attached hydrogens (tertiary/aromatic N) is 2. The Labute approximate surface area is 144 Å². The van der Waals surface area contributed by atoms with E-state index in [1.165, 1.54) is 18.5 Å². The van der Waals surface area contributed by atoms with Gasteiger partial charge < -0.3 is 5.32 Å². The maximum absolute atomic E-state index is 11.2. The average Bonchev–Trinajstić information content (AvgIpc) is 2.54. The van der Waals surface area contributed by atoms with E-state index in [4.69, 9.17) is 16.7 Å². The summed E-state index contributed by atoms with van der Waals surface area (Å²) in [7, 11) is -3.65. The van der Waals surface area contributed by atoms with Crippen LogP contribution in [0.3, 0.4) is 0 Å². The minimum Gasteiger partial charge on any atom is -0.369 e. The molecule has 1 heterocycles. The Balaban J connectivity index is 1.69. The van der Waals surface area contributed by atoms with E-state index in [-0.39, 0.29) is 4.90 Å². The maximum Gasteiger partial charge on any atom is 0.238 e. The maximum atomic E-state index is 11.2. The lowest BCUT2D eigenvalue weighted by Gasteiger charge is -2.09. The van der Waals surface area contributed by atoms with Crippen LogP contribution < -0.4 is 10.5 Å². The molecule has 0 spiro atoms. The molecule has 0 bridgehead atoms. The molecule has 0 saturated heterocycles. The highest BCUT2D eigenvalue weighted by molar-refractivity contribution is 7.89. The van der Waals surface area contributed by atoms with E-state index in [1.807, 2.05) is 6.07 Å². The Morgan fingerprint density at radius 3 is 2.54 bits per heavy atom. The van der Waals surface area contributed by atoms with Crippen molar-refractivity contribution in [3.63, 3.8) is 0 Å². The molecule has 0 radical (unpaired) electrons. The second-order valence-corrected chi connectivity index (χ2v) is 7.25. The molecule has 0 aliphatic heterocycles. The first-order valence-corrected chi connectivity index (χ1v) is 9.12. The molecular formula is C16H15ClN4O2S. The fraction of sp³-hybridized carbons (Fsp3) is 0.125. The summed E-state index contributed by atoms with van der Waals surface area (Å²) in [6, 6.07) is 12.0. The van der Waals surface area contributed by atoms with Gasteiger partial charge in [-0.05, 0) is 42.3 Å². The summed E-state index contributed by atoms with van der Waals surface area (Å²) in [6.45, 7) is 0.642. The van der Waals surface area contributed by atoms with E-state index >= 15 is 0 Å². The summed E-state index contributed by atoms with van der Waals surface area (Å²) in [5.74, 6) is 0.734. The normalized spacial score (nSPS) is 11.6. The summed E-state index contributed by atoms with van der Waals surface area (Å²) in [5, 5.41) is 9.87. The Morgan fingerprint density at radius 2 is 1.83 bits per heavy atom. The van der Waals surface area contributed by atoms with E-state index in [2.05, 4.69) is 15.3 Å². The molecule has 3 aromatic rings. The van der Waals surface area contributed by atoms with Gasteiger partial charge in [0, 0.05) is 17.0 Å². The SMILES string of the molecule is NS(=O)(=O)c1ccc(CCNc2ncnc3cc(Cl)ccc23)cc1. The van der Waals surface area contributed by atoms with E-state index in [0.717, 1.165) is 22.3 Å². The fourth-order valence-electron chi connectivity index (χ4n) is 2.34. The number of nitrogens with one attached hydrogen (secondary N) is 1. The van der Waals surface area contributed by atoms with Crippen LogP contribution in [0.4, 0.5) is 5.82 Å². The quantitative estimate of drug-likeness (QED) is 0.726. The summed E-state index contributed by atoms with van der Waals surface area (Å²) < 4.78 is 22.5. The number of primary sulfonamides is 1. The number of nitrogens with two attached hydrogens (primary N) is 1. The third-order valence-electron chi connectivity index (χ3n) is 3.56. The van der Waals surface area contributed by atoms with Crippen LogP contribution in [0, 0.1) is 0 Å². The zero-order valence-corrected chi connectivity index (χ0v) is 14.2. The molecule has 0 atom stereocenters. The smallest absolute Gasteiger partial charge is 0.238 e. The molecule has 24 heavy (non-hydrogen) atoms. The molecule has 6 nitrogen and oxygen atoms in total. The van der Waals surface area contributed by atoms with Crippen molar-refractivity contribution in [1.82, 2.24) is 9.97 Å². The standard InChI is InChI=1S/C16H15ClN4O2S/c17-12-3-6-14-15(9-12)20-10-21-16(14)19-8-7-11-1-4-13(5-2-11)24(18,22)23/h1-6,9-10H,7-8H2,(H2,18,22,23)(H,19,20,21). The van der Waals surface area contributed by atoms with Crippen LogP contribution in [0.2, 0.25) is 5.02 Å². The molecule has 0 amide bonds. The Morgan fingerprint density at radius 1 is 1.08 bits per heavy atom. The molecule has 1 aromatic heterocycles. The van der Waals surface area contributed by atoms with Crippen LogP contribution in [0.5, 0.6) is 0 Å². The molecule has 3 rings (SSSR count). The average molecular weight is 363 g/mol. The van der Waals surface area contributed by atoms with Crippen LogP contribution in [-0.2, 0) is 16.4 Å². The van der Waals surface area contributed by atoms with Crippen LogP contribution in [0.15, 0.2) is 53.7 Å². The molecule has 0 unspecified atom stereocenters. The molecule has 124 valence electrons. The molecule has 0 fully saturated rings. The van der Waals surface area contributed by atoms with E-state index in [1.54, 1.807) is 24.3 Å². The van der Waals surface area contributed by atoms with Crippen LogP contribution in [-0.4, -0.2) is 24.9 Å². The van der Waals surface area contributed by atoms with Gasteiger partial charge in [-0.25, -0.2) is 23.5 Å². The first kappa shape index (κ1) is 16.6. The largest absolute Gasteiger partial charge is 0.369 e. The second-order valence-electron chi connectivity index (χ2n) is 5.25. The lowest BCUT2D eigenvalue weighted by Crippen LogP contribution is -2.12. The Kier molecular flexibility index (Phi) is 4.66. The summed E-state index contributed by atoms with van der Waals surface area (Å²) in [6.07, 6.45) is 2.20. The molecule has 0 aliphatic carbocycles. The number of anilines is 1. The predicted molar refractivity (Wildman–Crippen MR) is 94.6 cm³/mol. The molecule has 2 aromatic carbocycles. The molecule has 8 heteroatoms. The van der Waals surface area contributed by atoms with Crippen molar-refractivity contribution in [1.29, 1.82) is 0 Å². The monoisotopic (exact) mass is 362 g/mol. The van der Waals surface area contributed by atoms with Gasteiger partial charge in [0.15, 0.2) is 0 Å². The highest BCUT2D eigenvalue weighted by Gasteiger charge is 2.07. The van der Waals surface area contributed by atoms with Gasteiger partial charge in [-0.2, -0.15) is 0 Å². The van der Waals surface area contributed by atoms with Gasteiger partial charge in [-0.3, -0.25) is 0 Å². The molecule has 0 aliphatic rings. The van der Waals surface area contributed by atoms with Gasteiger partial charge in [0.2, 0.25) is 10.0 Å². The van der Waals surface area contributed by atoms with Gasteiger partial charge in [-0.1, -0.05) is 23.7 Å². The highest BCUT2D eigenvalue weighted by atomic mass is 35.5. The second kappa shape index (κ2) is 6.72. The van der Waals surface area contributed by atoms with Crippen LogP contribution in [0.1, 0.15) is 5.56 Å². The number of sulfonamides is 1. The fourth-order valence-corrected chi connectivity index (χ4v) is 3.02. The van der Waals surface area contributed by atoms with Crippen LogP contribution >= 0.6 is 11.6 Å². The van der Waals surface area contributed by atoms with Crippen molar-refractivity contribution in [2.45, 2.75) is 11.3 Å². The minimum absolute atomic E-state index is 0.109. The lowest BCUT2D eigenvalue weighted by atomic mass is 10.1. The number of halogens is 1. The van der Waals surface area contributed by atoms with Crippen molar-refractivity contribution in [2.24, 2.45) is 5.14 Å². The summed E-state index contributed by atoms with van der Waals surface area (Å²) in [4.78, 5) is 8.56. The number of fused-ring (bicyclic) bond motifs is 1. The lowest BCUT2D eigenvalue weighted by molar-refractivity contribution is 0.598. The molecule has 3 N–H and O–H groups in total. The zero-order chi connectivity index (χ0) is 17.2. The Bertz CT molecular complexity index is 975. The predicted octanol–water partition coefficient (Wildman–Crippen LogP) is 2.59. The van der Waals surface area contributed by atoms with Gasteiger partial charge in [0.1, 0.15) is 12.1 Å². The molecule has 0 saturated carbocycles. The van der Waals surface area contributed by atoms with Crippen molar-refractivity contribution in [3.8, 4) is 0 Å². The third kappa shape index (κ3) is 3.81. The first-order chi connectivity index (χ1) is 11.4. The van der Waals surface area contributed by atoms with Gasteiger partial charge in [-0.15, -0.1) is 0 Å². The van der Waals surface area contributed by atoms with Crippen molar-refractivity contribution < 1.29 is 8.42 Å². The van der Waals surface area contributed by atoms with Crippen molar-refractivity contribution >= 4 is 38.3 Å². The number of hydrogen-bond donors (Lipinski definition) is 2. The van der Waals surface area contributed by atoms with E-state index < -0.39 is 10.0 Å². The van der Waals surface area contributed by atoms with Crippen molar-refractivity contribution in [2.75, 3.05) is 11.9 Å². The number of hydrogen-bond acceptors (Lipinski definition) is 5. The zero-order valence-electron chi connectivity index (χ0n) is 12.6. The highest BCUT2D eigenvalue weighted by Crippen LogP contribution is 2.22. The van der Waals surface area contributed by atoms with Gasteiger partial charge >= 0.3 is 0 Å². The van der Waals surface area contributed by atoms with Gasteiger partial charge in [0.05, 0.1) is 10.4 Å². The van der Waals surface area contributed by atoms with E-state index in [0.29, 0.717) is 18.0 Å². The number of benzene rings is 2. The van der Waals surface area contributed by atoms with Crippen LogP contribution in [0.25, 0.3) is 10.9 Å². The van der Waals surface area contributed by atoms with Gasteiger partial charge in [0.25, 0.3) is 0 Å². The summed E-state index contributed by atoms with van der Waals surface area (Å²) in [5.41, 5.74) is 1.77. The topological polar surface area (TPSA) is 98.0 Å². The van der Waals surface area contributed by atoms with Crippen molar-refractivity contribution in [3.05, 3.63) is 59.4 Å². The number of aromatic nitrogens is 2. The molecular weight excluding hydrogens is 348 g/mol. The number of rotatable bonds is 5. The summed E-state index contributed by atoms with van der Waals surface area (Å²) >= 11 is 5.97.